The van der Waals surface area contributed by atoms with Crippen LogP contribution in [0.5, 0.6) is 5.88 Å². The van der Waals surface area contributed by atoms with Gasteiger partial charge in [0.1, 0.15) is 11.9 Å². The maximum atomic E-state index is 12.5. The molecule has 0 spiro atoms. The van der Waals surface area contributed by atoms with E-state index in [-0.39, 0.29) is 18.1 Å². The molecule has 0 saturated carbocycles. The van der Waals surface area contributed by atoms with Gasteiger partial charge in [0.15, 0.2) is 0 Å². The third-order valence-electron chi connectivity index (χ3n) is 4.52. The Balaban J connectivity index is 1.57. The summed E-state index contributed by atoms with van der Waals surface area (Å²) in [5.74, 6) is 1.10. The molecule has 2 atom stereocenters. The molecule has 6 heteroatoms. The quantitative estimate of drug-likeness (QED) is 0.644. The van der Waals surface area contributed by atoms with Crippen molar-refractivity contribution in [2.24, 2.45) is 0 Å². The molecule has 0 fully saturated rings. The lowest BCUT2D eigenvalue weighted by molar-refractivity contribution is 0.0938. The molecule has 0 unspecified atom stereocenters. The van der Waals surface area contributed by atoms with Crippen LogP contribution in [0.4, 0.5) is 0 Å². The van der Waals surface area contributed by atoms with Crippen LogP contribution >= 0.6 is 0 Å². The number of nitrogens with zero attached hydrogens (tertiary/aromatic N) is 2. The van der Waals surface area contributed by atoms with Crippen LogP contribution < -0.4 is 10.1 Å². The van der Waals surface area contributed by atoms with E-state index in [1.165, 1.54) is 6.20 Å². The molecule has 0 aliphatic heterocycles. The van der Waals surface area contributed by atoms with Gasteiger partial charge in [-0.3, -0.25) is 9.69 Å². The molecule has 1 amide bonds. The highest BCUT2D eigenvalue weighted by atomic mass is 16.5. The number of carbonyl (C=O) groups excluding carboxylic acids is 1. The van der Waals surface area contributed by atoms with Crippen LogP contribution in [0.15, 0.2) is 71.5 Å². The normalized spacial score (nSPS) is 13.1. The van der Waals surface area contributed by atoms with Crippen LogP contribution in [0.2, 0.25) is 0 Å². The average Bonchev–Trinajstić information content (AvgIpc) is 3.23. The second-order valence-corrected chi connectivity index (χ2v) is 6.76. The Morgan fingerprint density at radius 3 is 2.54 bits per heavy atom. The van der Waals surface area contributed by atoms with E-state index in [0.717, 1.165) is 11.3 Å². The number of amides is 1. The number of hydrogen-bond donors (Lipinski definition) is 1. The van der Waals surface area contributed by atoms with Crippen molar-refractivity contribution in [2.75, 3.05) is 20.6 Å². The van der Waals surface area contributed by atoms with Crippen LogP contribution in [0.3, 0.4) is 0 Å². The zero-order chi connectivity index (χ0) is 19.9. The molecular weight excluding hydrogens is 354 g/mol. The fourth-order valence-corrected chi connectivity index (χ4v) is 2.87. The van der Waals surface area contributed by atoms with Crippen LogP contribution in [0, 0.1) is 0 Å². The fraction of sp³-hybridized carbons (Fsp3) is 0.273. The topological polar surface area (TPSA) is 67.6 Å². The minimum atomic E-state index is -0.187. The first-order chi connectivity index (χ1) is 13.5. The lowest BCUT2D eigenvalue weighted by Crippen LogP contribution is -2.34. The largest absolute Gasteiger partial charge is 0.470 e. The number of carbonyl (C=O) groups is 1. The molecule has 0 aliphatic rings. The lowest BCUT2D eigenvalue weighted by atomic mass is 10.1. The number of furan rings is 1. The fourth-order valence-electron chi connectivity index (χ4n) is 2.87. The van der Waals surface area contributed by atoms with E-state index in [2.05, 4.69) is 10.3 Å². The highest BCUT2D eigenvalue weighted by Gasteiger charge is 2.18. The second-order valence-electron chi connectivity index (χ2n) is 6.76. The van der Waals surface area contributed by atoms with Gasteiger partial charge in [-0.15, -0.1) is 0 Å². The van der Waals surface area contributed by atoms with Gasteiger partial charge in [0.05, 0.1) is 17.9 Å². The summed E-state index contributed by atoms with van der Waals surface area (Å²) in [6.07, 6.45) is 3.04. The molecule has 0 radical (unpaired) electrons. The standard InChI is InChI=1S/C22H25N3O3/c1-16(17-8-5-4-6-9-17)28-21-12-11-18(14-23-21)22(26)24-15-19(25(2)3)20-10-7-13-27-20/h4-14,16,19H,15H2,1-3H3,(H,24,26)/t16-,19+/m1/s1. The highest BCUT2D eigenvalue weighted by molar-refractivity contribution is 5.93. The third kappa shape index (κ3) is 4.98. The first kappa shape index (κ1) is 19.6. The van der Waals surface area contributed by atoms with E-state index in [1.54, 1.807) is 18.4 Å². The van der Waals surface area contributed by atoms with E-state index < -0.39 is 0 Å². The van der Waals surface area contributed by atoms with Crippen molar-refractivity contribution in [3.05, 3.63) is 83.9 Å². The molecule has 28 heavy (non-hydrogen) atoms. The molecule has 1 N–H and O–H groups in total. The molecule has 2 heterocycles. The van der Waals surface area contributed by atoms with Crippen molar-refractivity contribution in [1.29, 1.82) is 0 Å². The van der Waals surface area contributed by atoms with Crippen LogP contribution in [0.25, 0.3) is 0 Å². The van der Waals surface area contributed by atoms with Gasteiger partial charge in [-0.05, 0) is 44.8 Å². The molecule has 146 valence electrons. The molecule has 1 aromatic carbocycles. The zero-order valence-corrected chi connectivity index (χ0v) is 16.3. The molecule has 2 aromatic heterocycles. The summed E-state index contributed by atoms with van der Waals surface area (Å²) in [6, 6.07) is 17.1. The number of ether oxygens (including phenoxy) is 1. The maximum Gasteiger partial charge on any atom is 0.252 e. The number of pyridine rings is 1. The van der Waals surface area contributed by atoms with Crippen LogP contribution in [0.1, 0.15) is 40.8 Å². The Morgan fingerprint density at radius 1 is 1.14 bits per heavy atom. The Hall–Kier alpha value is -3.12. The molecule has 0 saturated heterocycles. The molecule has 6 nitrogen and oxygen atoms in total. The molecule has 0 bridgehead atoms. The van der Waals surface area contributed by atoms with Crippen LogP contribution in [-0.4, -0.2) is 36.4 Å². The van der Waals surface area contributed by atoms with Crippen molar-refractivity contribution in [3.63, 3.8) is 0 Å². The van der Waals surface area contributed by atoms with Crippen molar-refractivity contribution in [2.45, 2.75) is 19.1 Å². The molecular formula is C22H25N3O3. The second kappa shape index (κ2) is 9.19. The summed E-state index contributed by atoms with van der Waals surface area (Å²) < 4.78 is 11.3. The summed E-state index contributed by atoms with van der Waals surface area (Å²) in [7, 11) is 3.89. The Morgan fingerprint density at radius 2 is 1.93 bits per heavy atom. The van der Waals surface area contributed by atoms with E-state index >= 15 is 0 Å². The molecule has 0 aliphatic carbocycles. The summed E-state index contributed by atoms with van der Waals surface area (Å²) in [6.45, 7) is 2.40. The van der Waals surface area contributed by atoms with Crippen LogP contribution in [-0.2, 0) is 0 Å². The average molecular weight is 379 g/mol. The molecule has 3 aromatic rings. The minimum Gasteiger partial charge on any atom is -0.470 e. The number of hydrogen-bond acceptors (Lipinski definition) is 5. The van der Waals surface area contributed by atoms with Crippen molar-refractivity contribution >= 4 is 5.91 Å². The summed E-state index contributed by atoms with van der Waals surface area (Å²) in [4.78, 5) is 18.7. The van der Waals surface area contributed by atoms with Gasteiger partial charge in [0.25, 0.3) is 5.91 Å². The van der Waals surface area contributed by atoms with Gasteiger partial charge in [0, 0.05) is 18.8 Å². The molecule has 3 rings (SSSR count). The van der Waals surface area contributed by atoms with E-state index in [4.69, 9.17) is 9.15 Å². The van der Waals surface area contributed by atoms with Gasteiger partial charge < -0.3 is 14.5 Å². The highest BCUT2D eigenvalue weighted by Crippen LogP contribution is 2.20. The summed E-state index contributed by atoms with van der Waals surface area (Å²) in [5, 5.41) is 2.93. The predicted octanol–water partition coefficient (Wildman–Crippen LogP) is 3.85. The third-order valence-corrected chi connectivity index (χ3v) is 4.52. The number of rotatable bonds is 8. The van der Waals surface area contributed by atoms with E-state index in [9.17, 15) is 4.79 Å². The predicted molar refractivity (Wildman–Crippen MR) is 107 cm³/mol. The lowest BCUT2D eigenvalue weighted by Gasteiger charge is -2.22. The van der Waals surface area contributed by atoms with E-state index in [1.807, 2.05) is 68.4 Å². The van der Waals surface area contributed by atoms with Gasteiger partial charge >= 0.3 is 0 Å². The smallest absolute Gasteiger partial charge is 0.252 e. The van der Waals surface area contributed by atoms with Gasteiger partial charge in [-0.2, -0.15) is 0 Å². The van der Waals surface area contributed by atoms with Crippen molar-refractivity contribution in [3.8, 4) is 5.88 Å². The Bertz CT molecular complexity index is 862. The first-order valence-electron chi connectivity index (χ1n) is 9.20. The monoisotopic (exact) mass is 379 g/mol. The number of likely N-dealkylation sites (N-methyl/N-ethyl adjacent to an activating group) is 1. The van der Waals surface area contributed by atoms with Crippen molar-refractivity contribution < 1.29 is 13.9 Å². The van der Waals surface area contributed by atoms with Gasteiger partial charge in [-0.25, -0.2) is 4.98 Å². The Labute approximate surface area is 165 Å². The first-order valence-corrected chi connectivity index (χ1v) is 9.20. The number of aromatic nitrogens is 1. The summed E-state index contributed by atoms with van der Waals surface area (Å²) in [5.41, 5.74) is 1.55. The summed E-state index contributed by atoms with van der Waals surface area (Å²) >= 11 is 0. The van der Waals surface area contributed by atoms with Gasteiger partial charge in [-0.1, -0.05) is 30.3 Å². The maximum absolute atomic E-state index is 12.5. The number of benzene rings is 1. The SMILES string of the molecule is C[C@@H](Oc1ccc(C(=O)NC[C@@H](c2ccco2)N(C)C)cn1)c1ccccc1. The van der Waals surface area contributed by atoms with Gasteiger partial charge in [0.2, 0.25) is 5.88 Å². The Kier molecular flexibility index (Phi) is 6.45. The minimum absolute atomic E-state index is 0.0405. The number of nitrogens with one attached hydrogen (secondary N) is 1. The van der Waals surface area contributed by atoms with Crippen molar-refractivity contribution in [1.82, 2.24) is 15.2 Å². The van der Waals surface area contributed by atoms with E-state index in [0.29, 0.717) is 18.0 Å². The zero-order valence-electron chi connectivity index (χ0n) is 16.3.